The van der Waals surface area contributed by atoms with Crippen LogP contribution in [-0.4, -0.2) is 22.6 Å². The third-order valence-electron chi connectivity index (χ3n) is 6.23. The van der Waals surface area contributed by atoms with Crippen LogP contribution in [0.2, 0.25) is 5.02 Å². The normalized spacial score (nSPS) is 18.7. The fraction of sp³-hybridized carbons (Fsp3) is 0.500. The van der Waals surface area contributed by atoms with Crippen LogP contribution in [0.15, 0.2) is 32.8 Å². The molecule has 2 aromatic rings. The molecule has 1 aliphatic heterocycles. The number of piperidine rings is 1. The van der Waals surface area contributed by atoms with Crippen LogP contribution in [0.1, 0.15) is 38.5 Å². The van der Waals surface area contributed by atoms with Gasteiger partial charge in [-0.3, -0.25) is 9.36 Å². The van der Waals surface area contributed by atoms with Crippen molar-refractivity contribution in [3.8, 4) is 0 Å². The van der Waals surface area contributed by atoms with Crippen molar-refractivity contribution in [2.75, 3.05) is 29.5 Å². The molecule has 4 rings (SSSR count). The van der Waals surface area contributed by atoms with Crippen molar-refractivity contribution in [1.82, 2.24) is 9.55 Å². The van der Waals surface area contributed by atoms with E-state index < -0.39 is 0 Å². The van der Waals surface area contributed by atoms with Crippen LogP contribution in [-0.2, 0) is 7.05 Å². The fourth-order valence-corrected chi connectivity index (χ4v) is 5.68. The highest BCUT2D eigenvalue weighted by Gasteiger charge is 2.37. The molecule has 1 saturated heterocycles. The number of hydrogen-bond acceptors (Lipinski definition) is 6. The van der Waals surface area contributed by atoms with E-state index in [0.717, 1.165) is 25.9 Å². The summed E-state index contributed by atoms with van der Waals surface area (Å²) in [7, 11) is 1.76. The molecular formula is C20H26ClN5OS. The predicted octanol–water partition coefficient (Wildman–Crippen LogP) is 3.91. The zero-order chi connectivity index (χ0) is 19.9. The van der Waals surface area contributed by atoms with Gasteiger partial charge in [-0.15, -0.1) is 0 Å². The zero-order valence-electron chi connectivity index (χ0n) is 16.1. The van der Waals surface area contributed by atoms with Gasteiger partial charge in [0.2, 0.25) is 5.95 Å². The lowest BCUT2D eigenvalue weighted by Gasteiger charge is -2.40. The maximum atomic E-state index is 13.0. The van der Waals surface area contributed by atoms with Crippen LogP contribution in [0.4, 0.5) is 17.5 Å². The first kappa shape index (κ1) is 19.5. The number of nitrogens with two attached hydrogens (primary N) is 2. The summed E-state index contributed by atoms with van der Waals surface area (Å²) in [6, 6.07) is 5.35. The number of halogens is 1. The van der Waals surface area contributed by atoms with Crippen molar-refractivity contribution >= 4 is 40.8 Å². The molecule has 4 N–H and O–H groups in total. The summed E-state index contributed by atoms with van der Waals surface area (Å²) in [5, 5.41) is 0.427. The van der Waals surface area contributed by atoms with Gasteiger partial charge >= 0.3 is 0 Å². The van der Waals surface area contributed by atoms with Crippen LogP contribution in [0.3, 0.4) is 0 Å². The molecule has 8 heteroatoms. The molecule has 2 heterocycles. The molecule has 1 aromatic carbocycles. The van der Waals surface area contributed by atoms with Crippen LogP contribution in [0, 0.1) is 5.41 Å². The first-order valence-corrected chi connectivity index (χ1v) is 10.9. The van der Waals surface area contributed by atoms with E-state index in [9.17, 15) is 4.79 Å². The topological polar surface area (TPSA) is 90.2 Å². The Hall–Kier alpha value is -1.86. The number of rotatable bonds is 3. The van der Waals surface area contributed by atoms with Gasteiger partial charge in [0.1, 0.15) is 10.7 Å². The van der Waals surface area contributed by atoms with Gasteiger partial charge in [0.15, 0.2) is 0 Å². The molecule has 1 aliphatic carbocycles. The molecule has 2 aliphatic rings. The molecule has 2 fully saturated rings. The van der Waals surface area contributed by atoms with Gasteiger partial charge < -0.3 is 16.4 Å². The lowest BCUT2D eigenvalue weighted by atomic mass is 9.77. The molecule has 1 spiro atoms. The number of nitrogens with zero attached hydrogens (tertiary/aromatic N) is 3. The molecule has 1 aromatic heterocycles. The van der Waals surface area contributed by atoms with E-state index in [0.29, 0.717) is 31.9 Å². The third-order valence-corrected chi connectivity index (χ3v) is 7.91. The largest absolute Gasteiger partial charge is 0.397 e. The maximum Gasteiger partial charge on any atom is 0.270 e. The number of aromatic nitrogens is 2. The van der Waals surface area contributed by atoms with Crippen molar-refractivity contribution < 1.29 is 0 Å². The molecule has 1 saturated carbocycles. The minimum absolute atomic E-state index is 0.160. The van der Waals surface area contributed by atoms with Crippen molar-refractivity contribution in [2.45, 2.75) is 48.3 Å². The highest BCUT2D eigenvalue weighted by molar-refractivity contribution is 7.99. The van der Waals surface area contributed by atoms with Gasteiger partial charge in [-0.25, -0.2) is 0 Å². The summed E-state index contributed by atoms with van der Waals surface area (Å²) >= 11 is 7.49. The molecular weight excluding hydrogens is 394 g/mol. The van der Waals surface area contributed by atoms with E-state index in [2.05, 4.69) is 9.88 Å². The monoisotopic (exact) mass is 419 g/mol. The smallest absolute Gasteiger partial charge is 0.270 e. The van der Waals surface area contributed by atoms with Gasteiger partial charge in [-0.05, 0) is 43.2 Å². The lowest BCUT2D eigenvalue weighted by molar-refractivity contribution is 0.225. The molecule has 0 amide bonds. The predicted molar refractivity (Wildman–Crippen MR) is 116 cm³/mol. The molecule has 0 bridgehead atoms. The van der Waals surface area contributed by atoms with Gasteiger partial charge in [0.25, 0.3) is 5.56 Å². The van der Waals surface area contributed by atoms with Crippen LogP contribution >= 0.6 is 23.4 Å². The Labute approximate surface area is 174 Å². The second-order valence-corrected chi connectivity index (χ2v) is 9.38. The Kier molecular flexibility index (Phi) is 5.22. The molecule has 150 valence electrons. The Bertz CT molecular complexity index is 944. The third kappa shape index (κ3) is 3.46. The van der Waals surface area contributed by atoms with E-state index in [1.165, 1.54) is 37.4 Å². The van der Waals surface area contributed by atoms with E-state index in [1.807, 2.05) is 6.07 Å². The summed E-state index contributed by atoms with van der Waals surface area (Å²) in [6.07, 6.45) is 7.71. The van der Waals surface area contributed by atoms with Crippen LogP contribution in [0.25, 0.3) is 0 Å². The second kappa shape index (κ2) is 7.52. The number of benzene rings is 1. The number of nitrogen functional groups attached to an aromatic ring is 2. The molecule has 28 heavy (non-hydrogen) atoms. The summed E-state index contributed by atoms with van der Waals surface area (Å²) in [4.78, 5) is 20.9. The van der Waals surface area contributed by atoms with E-state index >= 15 is 0 Å². The molecule has 0 unspecified atom stereocenters. The highest BCUT2D eigenvalue weighted by Crippen LogP contribution is 2.46. The quantitative estimate of drug-likeness (QED) is 0.733. The summed E-state index contributed by atoms with van der Waals surface area (Å²) in [5.41, 5.74) is 12.9. The van der Waals surface area contributed by atoms with Crippen LogP contribution in [0.5, 0.6) is 0 Å². The Morgan fingerprint density at radius 1 is 1.14 bits per heavy atom. The summed E-state index contributed by atoms with van der Waals surface area (Å²) in [6.45, 7) is 1.85. The Balaban J connectivity index is 1.60. The van der Waals surface area contributed by atoms with Gasteiger partial charge in [-0.2, -0.15) is 4.98 Å². The number of anilines is 3. The summed E-state index contributed by atoms with van der Waals surface area (Å²) < 4.78 is 1.60. The molecule has 6 nitrogen and oxygen atoms in total. The average Bonchev–Trinajstić information content (AvgIpc) is 3.14. The Morgan fingerprint density at radius 3 is 2.50 bits per heavy atom. The minimum atomic E-state index is -0.160. The van der Waals surface area contributed by atoms with Crippen molar-refractivity contribution in [3.63, 3.8) is 0 Å². The van der Waals surface area contributed by atoms with E-state index in [1.54, 1.807) is 23.7 Å². The lowest BCUT2D eigenvalue weighted by Crippen LogP contribution is -2.42. The van der Waals surface area contributed by atoms with E-state index in [-0.39, 0.29) is 11.4 Å². The molecule has 0 radical (unpaired) electrons. The van der Waals surface area contributed by atoms with Gasteiger partial charge in [-0.1, -0.05) is 42.3 Å². The van der Waals surface area contributed by atoms with Crippen molar-refractivity contribution in [3.05, 3.63) is 33.6 Å². The second-order valence-electron chi connectivity index (χ2n) is 7.95. The first-order chi connectivity index (χ1) is 13.4. The first-order valence-electron chi connectivity index (χ1n) is 9.73. The maximum absolute atomic E-state index is 13.0. The van der Waals surface area contributed by atoms with Crippen molar-refractivity contribution in [1.29, 1.82) is 0 Å². The Morgan fingerprint density at radius 2 is 1.82 bits per heavy atom. The molecule has 0 atom stereocenters. The number of hydrogen-bond donors (Lipinski definition) is 2. The highest BCUT2D eigenvalue weighted by atomic mass is 35.5. The van der Waals surface area contributed by atoms with Gasteiger partial charge in [0.05, 0.1) is 10.7 Å². The fourth-order valence-electron chi connectivity index (χ4n) is 4.49. The minimum Gasteiger partial charge on any atom is -0.397 e. The van der Waals surface area contributed by atoms with Gasteiger partial charge in [0, 0.05) is 25.0 Å². The van der Waals surface area contributed by atoms with Crippen LogP contribution < -0.4 is 21.9 Å². The SMILES string of the molecule is Cn1c(N2CCC3(CCCC3)CC2)nc(N)c(Sc2cccc(N)c2Cl)c1=O. The standard InChI is InChI=1S/C20H26ClN5OS/c1-25-18(27)16(28-14-6-4-5-13(22)15(14)21)17(23)24-19(25)26-11-9-20(10-12-26)7-2-3-8-20/h4-6H,2-3,7-12,22-23H2,1H3. The summed E-state index contributed by atoms with van der Waals surface area (Å²) in [5.74, 6) is 0.890. The zero-order valence-corrected chi connectivity index (χ0v) is 17.7. The van der Waals surface area contributed by atoms with Crippen molar-refractivity contribution in [2.24, 2.45) is 12.5 Å². The average molecular weight is 420 g/mol. The van der Waals surface area contributed by atoms with E-state index in [4.69, 9.17) is 23.1 Å².